The molecule has 3 saturated heterocycles. The van der Waals surface area contributed by atoms with Crippen molar-refractivity contribution in [3.8, 4) is 0 Å². The van der Waals surface area contributed by atoms with E-state index in [9.17, 15) is 61.0 Å². The second-order valence-electron chi connectivity index (χ2n) is 21.1. The number of ether oxygens (including phenoxy) is 6. The quantitative estimate of drug-likeness (QED) is 0.0282. The van der Waals surface area contributed by atoms with Crippen LogP contribution < -0.4 is 5.32 Å². The van der Waals surface area contributed by atoms with Crippen molar-refractivity contribution in [2.45, 2.75) is 272 Å². The van der Waals surface area contributed by atoms with E-state index in [1.54, 1.807) is 0 Å². The Morgan fingerprint density at radius 1 is 0.468 bits per heavy atom. The minimum atomic E-state index is -1.97. The summed E-state index contributed by atoms with van der Waals surface area (Å²) in [5, 5.41) is 120. The minimum absolute atomic E-state index is 0.251. The molecule has 0 aliphatic carbocycles. The number of aliphatic hydroxyl groups excluding tert-OH is 11. The van der Waals surface area contributed by atoms with Crippen LogP contribution in [0.2, 0.25) is 0 Å². The Morgan fingerprint density at radius 3 is 1.37 bits per heavy atom. The van der Waals surface area contributed by atoms with Gasteiger partial charge in [-0.2, -0.15) is 0 Å². The molecule has 0 aromatic carbocycles. The van der Waals surface area contributed by atoms with Gasteiger partial charge in [0.25, 0.3) is 0 Å². The summed E-state index contributed by atoms with van der Waals surface area (Å²) in [6.07, 6.45) is 23.2. The SMILES string of the molecule is CC/C=C\C/C=C\C/C=C\C/C=C\C/C=C\C/C=C\CCCCCCCCCCC(=O)NC(COC1OC(CO)C(OC2OC(CO)C(OC3OC(CO)C(O)C(O)C3O)C(O)C2O)C(O)C1O)C(O)CCCCCCCCC. The molecule has 3 heterocycles. The summed E-state index contributed by atoms with van der Waals surface area (Å²) in [7, 11) is 0. The predicted octanol–water partition coefficient (Wildman–Crippen LogP) is 5.04. The second kappa shape index (κ2) is 43.0. The molecule has 3 rings (SSSR count). The lowest BCUT2D eigenvalue weighted by atomic mass is 9.96. The lowest BCUT2D eigenvalue weighted by Gasteiger charge is -2.48. The summed E-state index contributed by atoms with van der Waals surface area (Å²) >= 11 is 0. The fourth-order valence-electron chi connectivity index (χ4n) is 9.67. The van der Waals surface area contributed by atoms with Crippen LogP contribution in [0.15, 0.2) is 72.9 Å². The van der Waals surface area contributed by atoms with Gasteiger partial charge in [0.05, 0.1) is 38.6 Å². The molecule has 0 aromatic rings. The summed E-state index contributed by atoms with van der Waals surface area (Å²) in [6, 6.07) is -0.893. The molecule has 17 unspecified atom stereocenters. The van der Waals surface area contributed by atoms with E-state index in [1.807, 2.05) is 0 Å². The summed E-state index contributed by atoms with van der Waals surface area (Å²) < 4.78 is 34.2. The third-order valence-electron chi connectivity index (χ3n) is 14.5. The maximum atomic E-state index is 13.3. The minimum Gasteiger partial charge on any atom is -0.394 e. The van der Waals surface area contributed by atoms with Crippen molar-refractivity contribution >= 4 is 5.91 Å². The lowest BCUT2D eigenvalue weighted by Crippen LogP contribution is -2.66. The van der Waals surface area contributed by atoms with Gasteiger partial charge in [0.15, 0.2) is 18.9 Å². The van der Waals surface area contributed by atoms with Gasteiger partial charge < -0.3 is 89.9 Å². The van der Waals surface area contributed by atoms with E-state index in [0.717, 1.165) is 109 Å². The third-order valence-corrected chi connectivity index (χ3v) is 14.5. The van der Waals surface area contributed by atoms with Crippen molar-refractivity contribution in [3.63, 3.8) is 0 Å². The number of hydrogen-bond donors (Lipinski definition) is 12. The van der Waals surface area contributed by atoms with Crippen molar-refractivity contribution in [2.24, 2.45) is 0 Å². The highest BCUT2D eigenvalue weighted by molar-refractivity contribution is 5.76. The Labute approximate surface area is 470 Å². The second-order valence-corrected chi connectivity index (χ2v) is 21.1. The summed E-state index contributed by atoms with van der Waals surface area (Å²) in [5.41, 5.74) is 0. The van der Waals surface area contributed by atoms with E-state index in [0.29, 0.717) is 12.8 Å². The van der Waals surface area contributed by atoms with E-state index in [-0.39, 0.29) is 18.9 Å². The Kier molecular flexibility index (Phi) is 38.3. The van der Waals surface area contributed by atoms with Gasteiger partial charge in [-0.3, -0.25) is 4.79 Å². The monoisotopic (exact) mass is 1130 g/mol. The maximum Gasteiger partial charge on any atom is 0.220 e. The van der Waals surface area contributed by atoms with Crippen molar-refractivity contribution in [2.75, 3.05) is 26.4 Å². The number of carbonyl (C=O) groups excluding carboxylic acids is 1. The highest BCUT2D eigenvalue weighted by Crippen LogP contribution is 2.33. The number of amides is 1. The highest BCUT2D eigenvalue weighted by Gasteiger charge is 2.53. The zero-order valence-electron chi connectivity index (χ0n) is 47.3. The standard InChI is InChI=1S/C60H103NO18/c1-3-5-7-9-11-12-13-14-15-16-17-18-19-20-21-22-23-24-25-26-27-28-29-30-32-34-36-38-48(66)61-43(44(65)37-35-33-31-10-8-6-4-2)42-74-58-54(72)51(69)56(46(40-63)76-58)79-60-55(73)52(70)57(47(41-64)77-60)78-59-53(71)50(68)49(67)45(39-62)75-59/h5,7,11-12,14-15,17-18,20-21,23-24,43-47,49-60,62-65,67-73H,3-4,6,8-10,13,16,19,22,25-42H2,1-2H3,(H,61,66)/b7-5-,12-11-,15-14-,18-17-,21-20-,24-23-. The first-order valence-corrected chi connectivity index (χ1v) is 29.7. The van der Waals surface area contributed by atoms with E-state index >= 15 is 0 Å². The molecule has 79 heavy (non-hydrogen) atoms. The number of rotatable bonds is 42. The largest absolute Gasteiger partial charge is 0.394 e. The van der Waals surface area contributed by atoms with Crippen LogP contribution in [0.1, 0.15) is 168 Å². The molecular weight excluding hydrogens is 1020 g/mol. The van der Waals surface area contributed by atoms with Crippen LogP contribution in [0.25, 0.3) is 0 Å². The number of nitrogens with one attached hydrogen (secondary N) is 1. The third kappa shape index (κ3) is 27.0. The molecule has 3 aliphatic heterocycles. The van der Waals surface area contributed by atoms with Gasteiger partial charge in [0.2, 0.25) is 5.91 Å². The summed E-state index contributed by atoms with van der Waals surface area (Å²) in [4.78, 5) is 13.3. The molecule has 3 fully saturated rings. The van der Waals surface area contributed by atoms with Crippen LogP contribution in [0.4, 0.5) is 0 Å². The fraction of sp³-hybridized carbons (Fsp3) is 0.783. The molecule has 0 spiro atoms. The molecule has 0 bridgehead atoms. The van der Waals surface area contributed by atoms with Gasteiger partial charge in [-0.1, -0.05) is 170 Å². The van der Waals surface area contributed by atoms with Crippen LogP contribution in [-0.4, -0.2) is 193 Å². The summed E-state index contributed by atoms with van der Waals surface area (Å²) in [6.45, 7) is 1.58. The fourth-order valence-corrected chi connectivity index (χ4v) is 9.67. The van der Waals surface area contributed by atoms with Crippen molar-refractivity contribution < 1.29 is 89.4 Å². The van der Waals surface area contributed by atoms with Crippen LogP contribution >= 0.6 is 0 Å². The van der Waals surface area contributed by atoms with Crippen LogP contribution in [-0.2, 0) is 33.2 Å². The zero-order chi connectivity index (χ0) is 57.6. The molecule has 0 aromatic heterocycles. The first kappa shape index (κ1) is 70.5. The van der Waals surface area contributed by atoms with Gasteiger partial charge in [-0.15, -0.1) is 0 Å². The first-order valence-electron chi connectivity index (χ1n) is 29.7. The van der Waals surface area contributed by atoms with E-state index in [1.165, 1.54) is 25.7 Å². The molecule has 3 aliphatic rings. The topological polar surface area (TPSA) is 307 Å². The van der Waals surface area contributed by atoms with Crippen molar-refractivity contribution in [3.05, 3.63) is 72.9 Å². The number of carbonyl (C=O) groups is 1. The molecule has 0 saturated carbocycles. The van der Waals surface area contributed by atoms with Crippen molar-refractivity contribution in [1.82, 2.24) is 5.32 Å². The van der Waals surface area contributed by atoms with Crippen LogP contribution in [0.5, 0.6) is 0 Å². The first-order chi connectivity index (χ1) is 38.3. The average Bonchev–Trinajstić information content (AvgIpc) is 3.47. The normalized spacial score (nSPS) is 30.8. The molecular formula is C60H103NO18. The van der Waals surface area contributed by atoms with Gasteiger partial charge in [-0.05, 0) is 64.2 Å². The molecule has 12 N–H and O–H groups in total. The zero-order valence-corrected chi connectivity index (χ0v) is 47.3. The van der Waals surface area contributed by atoms with Gasteiger partial charge in [0, 0.05) is 6.42 Å². The van der Waals surface area contributed by atoms with E-state index < -0.39 is 124 Å². The Balaban J connectivity index is 1.40. The Bertz CT molecular complexity index is 1730. The maximum absolute atomic E-state index is 13.3. The molecule has 19 heteroatoms. The van der Waals surface area contributed by atoms with E-state index in [2.05, 4.69) is 92.1 Å². The average molecular weight is 1130 g/mol. The smallest absolute Gasteiger partial charge is 0.220 e. The van der Waals surface area contributed by atoms with E-state index in [4.69, 9.17) is 28.4 Å². The predicted molar refractivity (Wildman–Crippen MR) is 300 cm³/mol. The van der Waals surface area contributed by atoms with Gasteiger partial charge in [-0.25, -0.2) is 0 Å². The molecule has 17 atom stereocenters. The lowest BCUT2D eigenvalue weighted by molar-refractivity contribution is -0.379. The summed E-state index contributed by atoms with van der Waals surface area (Å²) in [5.74, 6) is -0.260. The number of unbranched alkanes of at least 4 members (excludes halogenated alkanes) is 14. The molecule has 0 radical (unpaired) electrons. The highest BCUT2D eigenvalue weighted by atomic mass is 16.8. The molecule has 1 amide bonds. The number of allylic oxidation sites excluding steroid dienone is 12. The molecule has 19 nitrogen and oxygen atoms in total. The van der Waals surface area contributed by atoms with Crippen LogP contribution in [0, 0.1) is 0 Å². The Hall–Kier alpha value is -2.77. The Morgan fingerprint density at radius 2 is 0.873 bits per heavy atom. The van der Waals surface area contributed by atoms with Gasteiger partial charge in [0.1, 0.15) is 73.2 Å². The number of hydrogen-bond acceptors (Lipinski definition) is 18. The number of aliphatic hydroxyl groups is 11. The molecule has 456 valence electrons. The van der Waals surface area contributed by atoms with Crippen LogP contribution in [0.3, 0.4) is 0 Å². The van der Waals surface area contributed by atoms with Crippen molar-refractivity contribution in [1.29, 1.82) is 0 Å². The van der Waals surface area contributed by atoms with Gasteiger partial charge >= 0.3 is 0 Å².